The zero-order valence-corrected chi connectivity index (χ0v) is 10.2. The summed E-state index contributed by atoms with van der Waals surface area (Å²) in [6.45, 7) is 3.85. The Hall–Kier alpha value is -1.95. The van der Waals surface area contributed by atoms with Crippen LogP contribution in [0.5, 0.6) is 0 Å². The predicted molar refractivity (Wildman–Crippen MR) is 69.3 cm³/mol. The Bertz CT molecular complexity index is 446. The van der Waals surface area contributed by atoms with Gasteiger partial charge in [0.15, 0.2) is 0 Å². The molecule has 1 atom stereocenters. The molecule has 0 saturated carbocycles. The molecule has 17 heavy (non-hydrogen) atoms. The number of aromatic carboxylic acids is 1. The fourth-order valence-corrected chi connectivity index (χ4v) is 1.68. The zero-order valence-electron chi connectivity index (χ0n) is 10.2. The largest absolute Gasteiger partial charge is 0.478 e. The van der Waals surface area contributed by atoms with Crippen molar-refractivity contribution in [3.8, 4) is 12.3 Å². The molecule has 0 aliphatic heterocycles. The number of carbonyl (C=O) groups is 1. The average Bonchev–Trinajstić information content (AvgIpc) is 2.28. The molecule has 0 amide bonds. The lowest BCUT2D eigenvalue weighted by atomic mass is 10.1. The van der Waals surface area contributed by atoms with Gasteiger partial charge in [0, 0.05) is 5.69 Å². The number of hydrogen-bond acceptors (Lipinski definition) is 2. The van der Waals surface area contributed by atoms with E-state index in [-0.39, 0.29) is 6.04 Å². The van der Waals surface area contributed by atoms with Gasteiger partial charge in [0.2, 0.25) is 0 Å². The minimum Gasteiger partial charge on any atom is -0.478 e. The summed E-state index contributed by atoms with van der Waals surface area (Å²) in [5.41, 5.74) is 1.92. The van der Waals surface area contributed by atoms with E-state index in [9.17, 15) is 4.79 Å². The molecule has 0 heterocycles. The molecule has 3 heteroatoms. The molecule has 0 fully saturated rings. The molecule has 0 aliphatic rings. The second-order valence-corrected chi connectivity index (χ2v) is 3.99. The summed E-state index contributed by atoms with van der Waals surface area (Å²) >= 11 is 0. The van der Waals surface area contributed by atoms with E-state index in [1.807, 2.05) is 6.07 Å². The molecule has 1 rings (SSSR count). The highest BCUT2D eigenvalue weighted by Crippen LogP contribution is 2.16. The van der Waals surface area contributed by atoms with Gasteiger partial charge < -0.3 is 10.4 Å². The number of benzene rings is 1. The standard InChI is InChI=1S/C14H17NO2/c1-4-6-11(5-2)15-12-7-8-13(14(16)17)10(3)9-12/h2,7-9,11,15H,4,6H2,1,3H3,(H,16,17). The van der Waals surface area contributed by atoms with Crippen molar-refractivity contribution in [1.82, 2.24) is 0 Å². The SMILES string of the molecule is C#CC(CCC)Nc1ccc(C(=O)O)c(C)c1. The van der Waals surface area contributed by atoms with Gasteiger partial charge in [-0.3, -0.25) is 0 Å². The van der Waals surface area contributed by atoms with E-state index in [1.54, 1.807) is 19.1 Å². The van der Waals surface area contributed by atoms with Crippen molar-refractivity contribution >= 4 is 11.7 Å². The molecule has 90 valence electrons. The fourth-order valence-electron chi connectivity index (χ4n) is 1.68. The van der Waals surface area contributed by atoms with Crippen molar-refractivity contribution in [2.75, 3.05) is 5.32 Å². The van der Waals surface area contributed by atoms with Crippen LogP contribution in [0.4, 0.5) is 5.69 Å². The molecule has 0 radical (unpaired) electrons. The van der Waals surface area contributed by atoms with Gasteiger partial charge in [0.25, 0.3) is 0 Å². The number of carboxylic acids is 1. The van der Waals surface area contributed by atoms with Crippen LogP contribution in [0.2, 0.25) is 0 Å². The number of carboxylic acid groups (broad SMARTS) is 1. The summed E-state index contributed by atoms with van der Waals surface area (Å²) in [4.78, 5) is 10.9. The van der Waals surface area contributed by atoms with Gasteiger partial charge in [-0.25, -0.2) is 4.79 Å². The Morgan fingerprint density at radius 1 is 1.59 bits per heavy atom. The van der Waals surface area contributed by atoms with Crippen molar-refractivity contribution < 1.29 is 9.90 Å². The molecule has 0 aliphatic carbocycles. The Balaban J connectivity index is 2.84. The molecular formula is C14H17NO2. The Morgan fingerprint density at radius 2 is 2.29 bits per heavy atom. The first-order chi connectivity index (χ1) is 8.08. The van der Waals surface area contributed by atoms with Crippen molar-refractivity contribution in [2.24, 2.45) is 0 Å². The maximum atomic E-state index is 10.9. The molecule has 0 aromatic heterocycles. The van der Waals surface area contributed by atoms with E-state index < -0.39 is 5.97 Å². The van der Waals surface area contributed by atoms with Crippen molar-refractivity contribution in [2.45, 2.75) is 32.7 Å². The van der Waals surface area contributed by atoms with Crippen LogP contribution in [-0.2, 0) is 0 Å². The van der Waals surface area contributed by atoms with Gasteiger partial charge >= 0.3 is 5.97 Å². The molecule has 1 unspecified atom stereocenters. The van der Waals surface area contributed by atoms with Crippen LogP contribution in [0.25, 0.3) is 0 Å². The van der Waals surface area contributed by atoms with Gasteiger partial charge in [-0.2, -0.15) is 0 Å². The number of hydrogen-bond donors (Lipinski definition) is 2. The average molecular weight is 231 g/mol. The van der Waals surface area contributed by atoms with E-state index in [2.05, 4.69) is 18.2 Å². The third-order valence-electron chi connectivity index (χ3n) is 2.58. The molecular weight excluding hydrogens is 214 g/mol. The fraction of sp³-hybridized carbons (Fsp3) is 0.357. The van der Waals surface area contributed by atoms with Crippen LogP contribution >= 0.6 is 0 Å². The van der Waals surface area contributed by atoms with Crippen LogP contribution in [0.1, 0.15) is 35.7 Å². The lowest BCUT2D eigenvalue weighted by Gasteiger charge is -2.14. The van der Waals surface area contributed by atoms with Crippen molar-refractivity contribution in [3.63, 3.8) is 0 Å². The Labute approximate surface area is 102 Å². The minimum atomic E-state index is -0.906. The predicted octanol–water partition coefficient (Wildman–Crippen LogP) is 2.91. The maximum Gasteiger partial charge on any atom is 0.335 e. The highest BCUT2D eigenvalue weighted by atomic mass is 16.4. The zero-order chi connectivity index (χ0) is 12.8. The van der Waals surface area contributed by atoms with E-state index in [0.29, 0.717) is 5.56 Å². The molecule has 3 nitrogen and oxygen atoms in total. The van der Waals surface area contributed by atoms with Gasteiger partial charge in [0.1, 0.15) is 0 Å². The topological polar surface area (TPSA) is 49.3 Å². The Morgan fingerprint density at radius 3 is 2.76 bits per heavy atom. The smallest absolute Gasteiger partial charge is 0.335 e. The van der Waals surface area contributed by atoms with Gasteiger partial charge in [-0.15, -0.1) is 6.42 Å². The van der Waals surface area contributed by atoms with Crippen LogP contribution < -0.4 is 5.32 Å². The summed E-state index contributed by atoms with van der Waals surface area (Å²) in [5.74, 6) is 1.77. The van der Waals surface area contributed by atoms with Crippen LogP contribution in [0, 0.1) is 19.3 Å². The third kappa shape index (κ3) is 3.53. The molecule has 1 aromatic carbocycles. The monoisotopic (exact) mass is 231 g/mol. The van der Waals surface area contributed by atoms with E-state index in [4.69, 9.17) is 11.5 Å². The summed E-state index contributed by atoms with van der Waals surface area (Å²) in [6, 6.07) is 5.15. The van der Waals surface area contributed by atoms with Crippen LogP contribution in [0.15, 0.2) is 18.2 Å². The lowest BCUT2D eigenvalue weighted by molar-refractivity contribution is 0.0696. The summed E-state index contributed by atoms with van der Waals surface area (Å²) in [7, 11) is 0. The first-order valence-corrected chi connectivity index (χ1v) is 5.65. The maximum absolute atomic E-state index is 10.9. The van der Waals surface area contributed by atoms with Crippen LogP contribution in [0.3, 0.4) is 0 Å². The van der Waals surface area contributed by atoms with Gasteiger partial charge in [-0.05, 0) is 37.1 Å². The summed E-state index contributed by atoms with van der Waals surface area (Å²) in [5, 5.41) is 12.1. The quantitative estimate of drug-likeness (QED) is 0.766. The number of nitrogens with one attached hydrogen (secondary N) is 1. The van der Waals surface area contributed by atoms with Gasteiger partial charge in [-0.1, -0.05) is 19.3 Å². The second kappa shape index (κ2) is 5.95. The molecule has 0 spiro atoms. The highest BCUT2D eigenvalue weighted by molar-refractivity contribution is 5.89. The number of anilines is 1. The minimum absolute atomic E-state index is 0.00456. The van der Waals surface area contributed by atoms with Gasteiger partial charge in [0.05, 0.1) is 11.6 Å². The first-order valence-electron chi connectivity index (χ1n) is 5.65. The van der Waals surface area contributed by atoms with E-state index in [0.717, 1.165) is 24.1 Å². The summed E-state index contributed by atoms with van der Waals surface area (Å²) < 4.78 is 0. The summed E-state index contributed by atoms with van der Waals surface area (Å²) in [6.07, 6.45) is 7.32. The third-order valence-corrected chi connectivity index (χ3v) is 2.58. The normalized spacial score (nSPS) is 11.6. The number of aryl methyl sites for hydroxylation is 1. The van der Waals surface area contributed by atoms with E-state index in [1.165, 1.54) is 0 Å². The second-order valence-electron chi connectivity index (χ2n) is 3.99. The number of rotatable bonds is 5. The van der Waals surface area contributed by atoms with E-state index >= 15 is 0 Å². The molecule has 2 N–H and O–H groups in total. The van der Waals surface area contributed by atoms with Crippen molar-refractivity contribution in [1.29, 1.82) is 0 Å². The Kier molecular flexibility index (Phi) is 4.59. The first kappa shape index (κ1) is 13.1. The molecule has 0 bridgehead atoms. The highest BCUT2D eigenvalue weighted by Gasteiger charge is 2.08. The molecule has 1 aromatic rings. The lowest BCUT2D eigenvalue weighted by Crippen LogP contribution is -2.16. The molecule has 0 saturated heterocycles. The van der Waals surface area contributed by atoms with Crippen molar-refractivity contribution in [3.05, 3.63) is 29.3 Å². The number of terminal acetylenes is 1. The van der Waals surface area contributed by atoms with Crippen LogP contribution in [-0.4, -0.2) is 17.1 Å².